The fourth-order valence-corrected chi connectivity index (χ4v) is 2.21. The van der Waals surface area contributed by atoms with Gasteiger partial charge in [-0.25, -0.2) is 4.79 Å². The lowest BCUT2D eigenvalue weighted by molar-refractivity contribution is -0.108. The van der Waals surface area contributed by atoms with Crippen LogP contribution in [-0.4, -0.2) is 24.6 Å². The lowest BCUT2D eigenvalue weighted by Gasteiger charge is -2.29. The van der Waals surface area contributed by atoms with E-state index in [0.717, 1.165) is 19.3 Å². The molecule has 1 aromatic carbocycles. The molecule has 0 saturated carbocycles. The first-order valence-corrected chi connectivity index (χ1v) is 7.04. The molecular weight excluding hydrogens is 250 g/mol. The van der Waals surface area contributed by atoms with Crippen LogP contribution in [0, 0.1) is 5.41 Å². The molecule has 0 aliphatic carbocycles. The van der Waals surface area contributed by atoms with Gasteiger partial charge in [-0.1, -0.05) is 38.1 Å². The SMILES string of the molecule is C=CCCCC(C)(C)CN(C)OC(=O)c1ccccc1. The summed E-state index contributed by atoms with van der Waals surface area (Å²) < 4.78 is 0. The molecule has 110 valence electrons. The van der Waals surface area contributed by atoms with Crippen LogP contribution in [0.3, 0.4) is 0 Å². The van der Waals surface area contributed by atoms with E-state index in [1.165, 1.54) is 0 Å². The number of nitrogens with zero attached hydrogens (tertiary/aromatic N) is 1. The van der Waals surface area contributed by atoms with Gasteiger partial charge in [-0.15, -0.1) is 11.6 Å². The van der Waals surface area contributed by atoms with Crippen molar-refractivity contribution >= 4 is 5.97 Å². The number of hydroxylamine groups is 2. The molecule has 1 aromatic rings. The van der Waals surface area contributed by atoms with E-state index < -0.39 is 0 Å². The van der Waals surface area contributed by atoms with Crippen LogP contribution >= 0.6 is 0 Å². The number of rotatable bonds is 8. The Morgan fingerprint density at radius 3 is 2.60 bits per heavy atom. The second-order valence-corrected chi connectivity index (χ2v) is 5.88. The molecule has 0 amide bonds. The molecule has 0 spiro atoms. The summed E-state index contributed by atoms with van der Waals surface area (Å²) in [5, 5.41) is 1.63. The predicted octanol–water partition coefficient (Wildman–Crippen LogP) is 4.07. The molecule has 0 unspecified atom stereocenters. The molecule has 0 atom stereocenters. The highest BCUT2D eigenvalue weighted by atomic mass is 16.7. The van der Waals surface area contributed by atoms with Crippen molar-refractivity contribution in [1.82, 2.24) is 5.06 Å². The van der Waals surface area contributed by atoms with Gasteiger partial charge in [0.1, 0.15) is 0 Å². The summed E-state index contributed by atoms with van der Waals surface area (Å²) >= 11 is 0. The molecule has 3 nitrogen and oxygen atoms in total. The monoisotopic (exact) mass is 275 g/mol. The molecular formula is C17H25NO2. The average Bonchev–Trinajstić information content (AvgIpc) is 2.39. The second kappa shape index (κ2) is 7.85. The van der Waals surface area contributed by atoms with Crippen LogP contribution in [0.5, 0.6) is 0 Å². The molecule has 0 aliphatic rings. The van der Waals surface area contributed by atoms with Crippen LogP contribution in [0.4, 0.5) is 0 Å². The quantitative estimate of drug-likeness (QED) is 0.407. The summed E-state index contributed by atoms with van der Waals surface area (Å²) in [6.45, 7) is 8.81. The van der Waals surface area contributed by atoms with E-state index in [4.69, 9.17) is 4.84 Å². The van der Waals surface area contributed by atoms with Crippen molar-refractivity contribution in [1.29, 1.82) is 0 Å². The van der Waals surface area contributed by atoms with Crippen molar-refractivity contribution in [2.45, 2.75) is 33.1 Å². The van der Waals surface area contributed by atoms with Crippen LogP contribution < -0.4 is 0 Å². The fourth-order valence-electron chi connectivity index (χ4n) is 2.21. The normalized spacial score (nSPS) is 11.4. The van der Waals surface area contributed by atoms with Gasteiger partial charge >= 0.3 is 5.97 Å². The van der Waals surface area contributed by atoms with Crippen molar-refractivity contribution in [3.05, 3.63) is 48.6 Å². The van der Waals surface area contributed by atoms with Gasteiger partial charge < -0.3 is 4.84 Å². The Morgan fingerprint density at radius 1 is 1.35 bits per heavy atom. The van der Waals surface area contributed by atoms with Gasteiger partial charge in [-0.3, -0.25) is 0 Å². The highest BCUT2D eigenvalue weighted by Gasteiger charge is 2.22. The first-order valence-electron chi connectivity index (χ1n) is 7.04. The van der Waals surface area contributed by atoms with E-state index >= 15 is 0 Å². The third kappa shape index (κ3) is 6.02. The van der Waals surface area contributed by atoms with Crippen molar-refractivity contribution in [2.75, 3.05) is 13.6 Å². The molecule has 0 bridgehead atoms. The lowest BCUT2D eigenvalue weighted by atomic mass is 9.87. The molecule has 20 heavy (non-hydrogen) atoms. The zero-order valence-electron chi connectivity index (χ0n) is 12.8. The maximum Gasteiger partial charge on any atom is 0.357 e. The van der Waals surface area contributed by atoms with Crippen molar-refractivity contribution in [3.63, 3.8) is 0 Å². The average molecular weight is 275 g/mol. The third-order valence-electron chi connectivity index (χ3n) is 3.16. The van der Waals surface area contributed by atoms with Gasteiger partial charge in [0.15, 0.2) is 0 Å². The molecule has 0 heterocycles. The van der Waals surface area contributed by atoms with Gasteiger partial charge in [-0.05, 0) is 36.8 Å². The van der Waals surface area contributed by atoms with Crippen LogP contribution in [0.25, 0.3) is 0 Å². The molecule has 0 aromatic heterocycles. The van der Waals surface area contributed by atoms with Gasteiger partial charge in [0.25, 0.3) is 0 Å². The second-order valence-electron chi connectivity index (χ2n) is 5.88. The Hall–Kier alpha value is -1.61. The molecule has 0 N–H and O–H groups in total. The van der Waals surface area contributed by atoms with Crippen LogP contribution in [0.2, 0.25) is 0 Å². The number of carbonyl (C=O) groups is 1. The van der Waals surface area contributed by atoms with E-state index in [-0.39, 0.29) is 11.4 Å². The summed E-state index contributed by atoms with van der Waals surface area (Å²) in [4.78, 5) is 17.3. The minimum absolute atomic E-state index is 0.106. The van der Waals surface area contributed by atoms with Crippen molar-refractivity contribution in [3.8, 4) is 0 Å². The fraction of sp³-hybridized carbons (Fsp3) is 0.471. The lowest BCUT2D eigenvalue weighted by Crippen LogP contribution is -2.33. The van der Waals surface area contributed by atoms with E-state index in [1.54, 1.807) is 24.2 Å². The molecule has 1 rings (SSSR count). The van der Waals surface area contributed by atoms with Gasteiger partial charge in [0.05, 0.1) is 5.56 Å². The summed E-state index contributed by atoms with van der Waals surface area (Å²) in [6.07, 6.45) is 5.15. The van der Waals surface area contributed by atoms with E-state index in [1.807, 2.05) is 24.3 Å². The zero-order valence-corrected chi connectivity index (χ0v) is 12.8. The highest BCUT2D eigenvalue weighted by Crippen LogP contribution is 2.24. The Labute approximate surface area is 122 Å². The minimum Gasteiger partial charge on any atom is -0.364 e. The van der Waals surface area contributed by atoms with Crippen LogP contribution in [-0.2, 0) is 4.84 Å². The van der Waals surface area contributed by atoms with E-state index in [2.05, 4.69) is 20.4 Å². The largest absolute Gasteiger partial charge is 0.364 e. The number of hydrogen-bond acceptors (Lipinski definition) is 3. The maximum atomic E-state index is 11.9. The molecule has 0 fully saturated rings. The predicted molar refractivity (Wildman–Crippen MR) is 82.3 cm³/mol. The number of unbranched alkanes of at least 4 members (excludes halogenated alkanes) is 1. The van der Waals surface area contributed by atoms with Crippen molar-refractivity contribution < 1.29 is 9.63 Å². The number of carbonyl (C=O) groups excluding carboxylic acids is 1. The maximum absolute atomic E-state index is 11.9. The number of allylic oxidation sites excluding steroid dienone is 1. The Morgan fingerprint density at radius 2 is 2.00 bits per heavy atom. The Kier molecular flexibility index (Phi) is 6.46. The minimum atomic E-state index is -0.310. The Balaban J connectivity index is 2.44. The topological polar surface area (TPSA) is 29.5 Å². The van der Waals surface area contributed by atoms with Gasteiger partial charge in [-0.2, -0.15) is 0 Å². The van der Waals surface area contributed by atoms with Crippen molar-refractivity contribution in [2.24, 2.45) is 5.41 Å². The number of benzene rings is 1. The van der Waals surface area contributed by atoms with Crippen LogP contribution in [0.15, 0.2) is 43.0 Å². The first kappa shape index (κ1) is 16.4. The van der Waals surface area contributed by atoms with E-state index in [0.29, 0.717) is 12.1 Å². The Bertz CT molecular complexity index is 426. The van der Waals surface area contributed by atoms with Gasteiger partial charge in [0, 0.05) is 13.6 Å². The standard InChI is InChI=1S/C17H25NO2/c1-5-6-10-13-17(2,3)14-18(4)20-16(19)15-11-8-7-9-12-15/h5,7-9,11-12H,1,6,10,13-14H2,2-4H3. The first-order chi connectivity index (χ1) is 9.44. The van der Waals surface area contributed by atoms with E-state index in [9.17, 15) is 4.79 Å². The summed E-state index contributed by atoms with van der Waals surface area (Å²) in [5.41, 5.74) is 0.679. The molecule has 0 aliphatic heterocycles. The van der Waals surface area contributed by atoms with Gasteiger partial charge in [0.2, 0.25) is 0 Å². The molecule has 0 saturated heterocycles. The summed E-state index contributed by atoms with van der Waals surface area (Å²) in [6, 6.07) is 9.05. The number of hydrogen-bond donors (Lipinski definition) is 0. The molecule has 0 radical (unpaired) electrons. The zero-order chi connectivity index (χ0) is 15.0. The smallest absolute Gasteiger partial charge is 0.357 e. The third-order valence-corrected chi connectivity index (χ3v) is 3.16. The van der Waals surface area contributed by atoms with Crippen LogP contribution in [0.1, 0.15) is 43.5 Å². The summed E-state index contributed by atoms with van der Waals surface area (Å²) in [7, 11) is 1.80. The summed E-state index contributed by atoms with van der Waals surface area (Å²) in [5.74, 6) is -0.310. The molecule has 3 heteroatoms. The highest BCUT2D eigenvalue weighted by molar-refractivity contribution is 5.89.